The van der Waals surface area contributed by atoms with Crippen molar-refractivity contribution in [1.82, 2.24) is 10.2 Å². The van der Waals surface area contributed by atoms with Crippen LogP contribution in [0.1, 0.15) is 29.7 Å². The van der Waals surface area contributed by atoms with E-state index in [1.807, 2.05) is 25.7 Å². The van der Waals surface area contributed by atoms with Crippen LogP contribution in [0.3, 0.4) is 0 Å². The van der Waals surface area contributed by atoms with Crippen molar-refractivity contribution in [1.29, 1.82) is 0 Å². The Morgan fingerprint density at radius 1 is 1.39 bits per heavy atom. The fraction of sp³-hybridized carbons (Fsp3) is 0.500. The summed E-state index contributed by atoms with van der Waals surface area (Å²) < 4.78 is 5.36. The average Bonchev–Trinajstić information content (AvgIpc) is 2.70. The molecule has 2 rings (SSSR count). The van der Waals surface area contributed by atoms with Gasteiger partial charge in [0.15, 0.2) is 0 Å². The summed E-state index contributed by atoms with van der Waals surface area (Å²) in [6.07, 6.45) is 0. The Hall–Kier alpha value is -1.71. The Bertz CT molecular complexity index is 448. The predicted molar refractivity (Wildman–Crippen MR) is 71.0 cm³/mol. The number of nitrogens with one attached hydrogen (secondary N) is 1. The molecular formula is C14H20N2O2. The van der Waals surface area contributed by atoms with Crippen LogP contribution in [-0.2, 0) is 0 Å². The minimum absolute atomic E-state index is 0.0219. The number of hydrogen-bond acceptors (Lipinski definition) is 2. The number of likely N-dealkylation sites (N-methyl/N-ethyl adjacent to an activating group) is 1. The summed E-state index contributed by atoms with van der Waals surface area (Å²) in [5, 5.41) is 3.01. The summed E-state index contributed by atoms with van der Waals surface area (Å²) in [6.45, 7) is 7.54. The third-order valence-corrected chi connectivity index (χ3v) is 3.46. The van der Waals surface area contributed by atoms with E-state index in [1.165, 1.54) is 0 Å². The van der Waals surface area contributed by atoms with E-state index in [0.29, 0.717) is 0 Å². The topological polar surface area (TPSA) is 41.6 Å². The summed E-state index contributed by atoms with van der Waals surface area (Å²) >= 11 is 0. The fourth-order valence-corrected chi connectivity index (χ4v) is 2.56. The maximum atomic E-state index is 11.7. The average molecular weight is 248 g/mol. The molecule has 1 fully saturated rings. The highest BCUT2D eigenvalue weighted by Crippen LogP contribution is 2.29. The molecule has 18 heavy (non-hydrogen) atoms. The number of carbonyl (C=O) groups excluding carboxylic acids is 1. The highest BCUT2D eigenvalue weighted by molar-refractivity contribution is 5.77. The third kappa shape index (κ3) is 2.15. The Labute approximate surface area is 108 Å². The van der Waals surface area contributed by atoms with E-state index in [2.05, 4.69) is 17.4 Å². The number of ether oxygens (including phenoxy) is 1. The number of benzene rings is 1. The number of rotatable bonds is 3. The zero-order valence-electron chi connectivity index (χ0n) is 11.4. The third-order valence-electron chi connectivity index (χ3n) is 3.46. The number of aryl methyl sites for hydroxylation is 2. The second-order valence-electron chi connectivity index (χ2n) is 4.73. The first-order valence-corrected chi connectivity index (χ1v) is 6.27. The molecule has 1 aromatic rings. The van der Waals surface area contributed by atoms with E-state index < -0.39 is 0 Å². The van der Waals surface area contributed by atoms with Crippen LogP contribution in [0.25, 0.3) is 0 Å². The number of amides is 2. The van der Waals surface area contributed by atoms with Gasteiger partial charge in [0, 0.05) is 13.1 Å². The molecule has 1 saturated heterocycles. The van der Waals surface area contributed by atoms with E-state index >= 15 is 0 Å². The monoisotopic (exact) mass is 248 g/mol. The van der Waals surface area contributed by atoms with Gasteiger partial charge in [-0.25, -0.2) is 4.79 Å². The molecule has 1 heterocycles. The van der Waals surface area contributed by atoms with Crippen LogP contribution in [-0.4, -0.2) is 31.1 Å². The molecule has 1 N–H and O–H groups in total. The molecule has 1 aliphatic heterocycles. The SMILES string of the molecule is CCN1CC(c2cc(C)c(OC)c(C)c2)NC1=O. The van der Waals surface area contributed by atoms with E-state index in [9.17, 15) is 4.79 Å². The Balaban J connectivity index is 2.28. The molecule has 2 amide bonds. The lowest BCUT2D eigenvalue weighted by Crippen LogP contribution is -2.27. The van der Waals surface area contributed by atoms with E-state index in [1.54, 1.807) is 7.11 Å². The molecule has 4 heteroatoms. The molecule has 1 aromatic carbocycles. The van der Waals surface area contributed by atoms with Crippen LogP contribution in [0.4, 0.5) is 4.79 Å². The molecule has 98 valence electrons. The van der Waals surface area contributed by atoms with Crippen molar-refractivity contribution >= 4 is 6.03 Å². The highest BCUT2D eigenvalue weighted by atomic mass is 16.5. The van der Waals surface area contributed by atoms with Crippen LogP contribution in [0.2, 0.25) is 0 Å². The molecule has 1 unspecified atom stereocenters. The maximum Gasteiger partial charge on any atom is 0.318 e. The molecule has 0 aliphatic carbocycles. The van der Waals surface area contributed by atoms with E-state index in [-0.39, 0.29) is 12.1 Å². The summed E-state index contributed by atoms with van der Waals surface area (Å²) in [7, 11) is 1.69. The van der Waals surface area contributed by atoms with Gasteiger partial charge in [-0.15, -0.1) is 0 Å². The smallest absolute Gasteiger partial charge is 0.318 e. The maximum absolute atomic E-state index is 11.7. The molecule has 1 atom stereocenters. The van der Waals surface area contributed by atoms with Crippen LogP contribution in [0.15, 0.2) is 12.1 Å². The normalized spacial score (nSPS) is 19.0. The second kappa shape index (κ2) is 4.88. The van der Waals surface area contributed by atoms with Gasteiger partial charge < -0.3 is 15.0 Å². The molecular weight excluding hydrogens is 228 g/mol. The van der Waals surface area contributed by atoms with Gasteiger partial charge in [-0.1, -0.05) is 12.1 Å². The summed E-state index contributed by atoms with van der Waals surface area (Å²) in [6, 6.07) is 4.29. The van der Waals surface area contributed by atoms with Crippen molar-refractivity contribution in [2.24, 2.45) is 0 Å². The van der Waals surface area contributed by atoms with Gasteiger partial charge in [-0.05, 0) is 37.5 Å². The van der Waals surface area contributed by atoms with Crippen LogP contribution in [0.5, 0.6) is 5.75 Å². The molecule has 0 bridgehead atoms. The van der Waals surface area contributed by atoms with Gasteiger partial charge >= 0.3 is 6.03 Å². The summed E-state index contributed by atoms with van der Waals surface area (Å²) in [5.41, 5.74) is 3.36. The first kappa shape index (κ1) is 12.7. The van der Waals surface area contributed by atoms with Gasteiger partial charge in [0.1, 0.15) is 5.75 Å². The number of urea groups is 1. The molecule has 0 saturated carbocycles. The molecule has 0 radical (unpaired) electrons. The zero-order chi connectivity index (χ0) is 13.3. The van der Waals surface area contributed by atoms with Crippen LogP contribution in [0, 0.1) is 13.8 Å². The van der Waals surface area contributed by atoms with Gasteiger partial charge in [0.2, 0.25) is 0 Å². The number of carbonyl (C=O) groups is 1. The van der Waals surface area contributed by atoms with Gasteiger partial charge in [-0.3, -0.25) is 0 Å². The van der Waals surface area contributed by atoms with Crippen molar-refractivity contribution in [3.8, 4) is 5.75 Å². The lowest BCUT2D eigenvalue weighted by molar-refractivity contribution is 0.219. The van der Waals surface area contributed by atoms with Crippen molar-refractivity contribution in [3.05, 3.63) is 28.8 Å². The Morgan fingerprint density at radius 3 is 2.44 bits per heavy atom. The molecule has 1 aliphatic rings. The minimum atomic E-state index is 0.0219. The van der Waals surface area contributed by atoms with Crippen LogP contribution >= 0.6 is 0 Å². The zero-order valence-corrected chi connectivity index (χ0v) is 11.4. The van der Waals surface area contributed by atoms with Gasteiger partial charge in [0.25, 0.3) is 0 Å². The first-order valence-electron chi connectivity index (χ1n) is 6.27. The van der Waals surface area contributed by atoms with Gasteiger partial charge in [-0.2, -0.15) is 0 Å². The van der Waals surface area contributed by atoms with Crippen molar-refractivity contribution in [2.75, 3.05) is 20.2 Å². The van der Waals surface area contributed by atoms with Crippen LogP contribution < -0.4 is 10.1 Å². The summed E-state index contributed by atoms with van der Waals surface area (Å²) in [5.74, 6) is 0.926. The second-order valence-corrected chi connectivity index (χ2v) is 4.73. The minimum Gasteiger partial charge on any atom is -0.496 e. The van der Waals surface area contributed by atoms with Crippen molar-refractivity contribution in [3.63, 3.8) is 0 Å². The van der Waals surface area contributed by atoms with E-state index in [0.717, 1.165) is 35.5 Å². The van der Waals surface area contributed by atoms with E-state index in [4.69, 9.17) is 4.74 Å². The largest absolute Gasteiger partial charge is 0.496 e. The number of nitrogens with zero attached hydrogens (tertiary/aromatic N) is 1. The van der Waals surface area contributed by atoms with Gasteiger partial charge in [0.05, 0.1) is 13.2 Å². The standard InChI is InChI=1S/C14H20N2O2/c1-5-16-8-12(15-14(16)17)11-6-9(2)13(18-4)10(3)7-11/h6-7,12H,5,8H2,1-4H3,(H,15,17). The molecule has 0 spiro atoms. The number of methoxy groups -OCH3 is 1. The Morgan fingerprint density at radius 2 is 2.00 bits per heavy atom. The highest BCUT2D eigenvalue weighted by Gasteiger charge is 2.28. The molecule has 0 aromatic heterocycles. The lowest BCUT2D eigenvalue weighted by atomic mass is 10.0. The fourth-order valence-electron chi connectivity index (χ4n) is 2.56. The first-order chi connectivity index (χ1) is 8.56. The Kier molecular flexibility index (Phi) is 3.45. The molecule has 4 nitrogen and oxygen atoms in total. The quantitative estimate of drug-likeness (QED) is 0.892. The number of hydrogen-bond donors (Lipinski definition) is 1. The summed E-state index contributed by atoms with van der Waals surface area (Å²) in [4.78, 5) is 13.5. The lowest BCUT2D eigenvalue weighted by Gasteiger charge is -2.15. The van der Waals surface area contributed by atoms with Crippen molar-refractivity contribution in [2.45, 2.75) is 26.8 Å². The van der Waals surface area contributed by atoms with Crippen molar-refractivity contribution < 1.29 is 9.53 Å². The predicted octanol–water partition coefficient (Wildman–Crippen LogP) is 2.40.